The van der Waals surface area contributed by atoms with Crippen LogP contribution < -0.4 is 16.2 Å². The van der Waals surface area contributed by atoms with Crippen molar-refractivity contribution in [2.45, 2.75) is 32.7 Å². The molecule has 1 aromatic carbocycles. The lowest BCUT2D eigenvalue weighted by Crippen LogP contribution is -2.24. The number of rotatable bonds is 3. The second-order valence-corrected chi connectivity index (χ2v) is 5.61. The van der Waals surface area contributed by atoms with E-state index < -0.39 is 0 Å². The summed E-state index contributed by atoms with van der Waals surface area (Å²) < 4.78 is 1.68. The highest BCUT2D eigenvalue weighted by molar-refractivity contribution is 5.64. The SMILES string of the molecule is CC(C)n1ccnc(Nc2ccc3c(c2)CCCN3)c1=O. The van der Waals surface area contributed by atoms with Crippen LogP contribution in [-0.4, -0.2) is 16.1 Å². The zero-order valence-electron chi connectivity index (χ0n) is 12.4. The molecule has 0 bridgehead atoms. The topological polar surface area (TPSA) is 59.0 Å². The Morgan fingerprint density at radius 3 is 3.05 bits per heavy atom. The van der Waals surface area contributed by atoms with Crippen LogP contribution in [0.2, 0.25) is 0 Å². The van der Waals surface area contributed by atoms with E-state index in [2.05, 4.69) is 27.8 Å². The molecular weight excluding hydrogens is 264 g/mol. The predicted molar refractivity (Wildman–Crippen MR) is 85.4 cm³/mol. The minimum Gasteiger partial charge on any atom is -0.385 e. The summed E-state index contributed by atoms with van der Waals surface area (Å²) in [4.78, 5) is 16.5. The molecule has 0 unspecified atom stereocenters. The molecule has 5 heteroatoms. The highest BCUT2D eigenvalue weighted by atomic mass is 16.1. The van der Waals surface area contributed by atoms with Crippen molar-refractivity contribution in [1.29, 1.82) is 0 Å². The van der Waals surface area contributed by atoms with Gasteiger partial charge in [-0.05, 0) is 50.5 Å². The largest absolute Gasteiger partial charge is 0.385 e. The molecule has 0 amide bonds. The zero-order valence-corrected chi connectivity index (χ0v) is 12.4. The molecule has 0 spiro atoms. The molecule has 1 aromatic heterocycles. The number of anilines is 3. The number of hydrogen-bond acceptors (Lipinski definition) is 4. The van der Waals surface area contributed by atoms with Gasteiger partial charge in [-0.25, -0.2) is 4.98 Å². The van der Waals surface area contributed by atoms with Gasteiger partial charge in [-0.1, -0.05) is 0 Å². The lowest BCUT2D eigenvalue weighted by molar-refractivity contribution is 0.576. The second kappa shape index (κ2) is 5.60. The van der Waals surface area contributed by atoms with Crippen LogP contribution in [0.4, 0.5) is 17.2 Å². The Bertz CT molecular complexity index is 706. The summed E-state index contributed by atoms with van der Waals surface area (Å²) in [6.07, 6.45) is 5.58. The molecule has 0 atom stereocenters. The standard InChI is InChI=1S/C16H20N4O/c1-11(2)20-9-8-18-15(16(20)21)19-13-5-6-14-12(10-13)4-3-7-17-14/h5-6,8-11,17H,3-4,7H2,1-2H3,(H,18,19). The molecule has 2 heterocycles. The average molecular weight is 284 g/mol. The quantitative estimate of drug-likeness (QED) is 0.910. The Balaban J connectivity index is 1.90. The van der Waals surface area contributed by atoms with E-state index >= 15 is 0 Å². The van der Waals surface area contributed by atoms with E-state index in [4.69, 9.17) is 0 Å². The van der Waals surface area contributed by atoms with Gasteiger partial charge >= 0.3 is 0 Å². The van der Waals surface area contributed by atoms with Crippen LogP contribution in [-0.2, 0) is 6.42 Å². The minimum atomic E-state index is -0.0941. The second-order valence-electron chi connectivity index (χ2n) is 5.61. The van der Waals surface area contributed by atoms with Gasteiger partial charge in [0.15, 0.2) is 5.82 Å². The third-order valence-electron chi connectivity index (χ3n) is 3.73. The Morgan fingerprint density at radius 1 is 1.38 bits per heavy atom. The first-order valence-electron chi connectivity index (χ1n) is 7.36. The maximum Gasteiger partial charge on any atom is 0.293 e. The Hall–Kier alpha value is -2.30. The molecule has 110 valence electrons. The van der Waals surface area contributed by atoms with Gasteiger partial charge in [0, 0.05) is 36.4 Å². The van der Waals surface area contributed by atoms with Crippen molar-refractivity contribution < 1.29 is 0 Å². The normalized spacial score (nSPS) is 13.7. The number of nitrogens with one attached hydrogen (secondary N) is 2. The van der Waals surface area contributed by atoms with Gasteiger partial charge in [0.1, 0.15) is 0 Å². The molecule has 0 radical (unpaired) electrons. The van der Waals surface area contributed by atoms with E-state index in [1.54, 1.807) is 17.0 Å². The number of benzene rings is 1. The smallest absolute Gasteiger partial charge is 0.293 e. The number of aryl methyl sites for hydroxylation is 1. The summed E-state index contributed by atoms with van der Waals surface area (Å²) in [6.45, 7) is 4.99. The number of hydrogen-bond donors (Lipinski definition) is 2. The summed E-state index contributed by atoms with van der Waals surface area (Å²) in [5.74, 6) is 0.370. The summed E-state index contributed by atoms with van der Waals surface area (Å²) in [7, 11) is 0. The van der Waals surface area contributed by atoms with Crippen LogP contribution in [0.1, 0.15) is 31.9 Å². The highest BCUT2D eigenvalue weighted by Gasteiger charge is 2.11. The molecule has 1 aliphatic heterocycles. The molecular formula is C16H20N4O. The van der Waals surface area contributed by atoms with Crippen molar-refractivity contribution in [3.63, 3.8) is 0 Å². The third kappa shape index (κ3) is 2.77. The molecule has 21 heavy (non-hydrogen) atoms. The van der Waals surface area contributed by atoms with Gasteiger partial charge in [0.05, 0.1) is 0 Å². The summed E-state index contributed by atoms with van der Waals surface area (Å²) >= 11 is 0. The fourth-order valence-corrected chi connectivity index (χ4v) is 2.61. The fraction of sp³-hybridized carbons (Fsp3) is 0.375. The van der Waals surface area contributed by atoms with Crippen molar-refractivity contribution >= 4 is 17.2 Å². The van der Waals surface area contributed by atoms with Gasteiger partial charge in [-0.2, -0.15) is 0 Å². The third-order valence-corrected chi connectivity index (χ3v) is 3.73. The first-order valence-corrected chi connectivity index (χ1v) is 7.36. The highest BCUT2D eigenvalue weighted by Crippen LogP contribution is 2.26. The van der Waals surface area contributed by atoms with Gasteiger partial charge in [0.25, 0.3) is 5.56 Å². The number of aromatic nitrogens is 2. The molecule has 0 aliphatic carbocycles. The Morgan fingerprint density at radius 2 is 2.24 bits per heavy atom. The monoisotopic (exact) mass is 284 g/mol. The van der Waals surface area contributed by atoms with Gasteiger partial charge in [-0.15, -0.1) is 0 Å². The van der Waals surface area contributed by atoms with E-state index in [1.165, 1.54) is 11.3 Å². The van der Waals surface area contributed by atoms with Crippen molar-refractivity contribution in [2.75, 3.05) is 17.2 Å². The first-order chi connectivity index (χ1) is 10.1. The van der Waals surface area contributed by atoms with Crippen molar-refractivity contribution in [1.82, 2.24) is 9.55 Å². The molecule has 5 nitrogen and oxygen atoms in total. The first kappa shape index (κ1) is 13.7. The molecule has 2 aromatic rings. The van der Waals surface area contributed by atoms with Crippen molar-refractivity contribution in [2.24, 2.45) is 0 Å². The summed E-state index contributed by atoms with van der Waals surface area (Å²) in [6, 6.07) is 6.25. The van der Waals surface area contributed by atoms with Crippen LogP contribution in [0, 0.1) is 0 Å². The average Bonchev–Trinajstić information content (AvgIpc) is 2.49. The van der Waals surface area contributed by atoms with Crippen LogP contribution >= 0.6 is 0 Å². The summed E-state index contributed by atoms with van der Waals surface area (Å²) in [5.41, 5.74) is 3.28. The number of nitrogens with zero attached hydrogens (tertiary/aromatic N) is 2. The lowest BCUT2D eigenvalue weighted by atomic mass is 10.0. The van der Waals surface area contributed by atoms with Gasteiger partial charge < -0.3 is 15.2 Å². The minimum absolute atomic E-state index is 0.0941. The Kier molecular flexibility index (Phi) is 3.64. The van der Waals surface area contributed by atoms with Gasteiger partial charge in [0.2, 0.25) is 0 Å². The molecule has 0 fully saturated rings. The molecule has 3 rings (SSSR count). The van der Waals surface area contributed by atoms with Crippen LogP contribution in [0.25, 0.3) is 0 Å². The van der Waals surface area contributed by atoms with E-state index in [1.807, 2.05) is 19.9 Å². The van der Waals surface area contributed by atoms with E-state index in [9.17, 15) is 4.79 Å². The number of fused-ring (bicyclic) bond motifs is 1. The van der Waals surface area contributed by atoms with Crippen molar-refractivity contribution in [3.8, 4) is 0 Å². The van der Waals surface area contributed by atoms with Crippen molar-refractivity contribution in [3.05, 3.63) is 46.5 Å². The zero-order chi connectivity index (χ0) is 14.8. The molecule has 0 saturated carbocycles. The van der Waals surface area contributed by atoms with Crippen LogP contribution in [0.5, 0.6) is 0 Å². The van der Waals surface area contributed by atoms with Gasteiger partial charge in [-0.3, -0.25) is 4.79 Å². The lowest BCUT2D eigenvalue weighted by Gasteiger charge is -2.19. The predicted octanol–water partition coefficient (Wildman–Crippen LogP) is 2.93. The maximum absolute atomic E-state index is 12.3. The molecule has 1 aliphatic rings. The maximum atomic E-state index is 12.3. The van der Waals surface area contributed by atoms with E-state index in [0.717, 1.165) is 25.1 Å². The molecule has 0 saturated heterocycles. The van der Waals surface area contributed by atoms with E-state index in [0.29, 0.717) is 5.82 Å². The van der Waals surface area contributed by atoms with E-state index in [-0.39, 0.29) is 11.6 Å². The molecule has 2 N–H and O–H groups in total. The summed E-state index contributed by atoms with van der Waals surface area (Å²) in [5, 5.41) is 6.53. The van der Waals surface area contributed by atoms with Crippen LogP contribution in [0.15, 0.2) is 35.4 Å². The van der Waals surface area contributed by atoms with Crippen LogP contribution in [0.3, 0.4) is 0 Å². The Labute approximate surface area is 124 Å². The fourth-order valence-electron chi connectivity index (χ4n) is 2.61.